The van der Waals surface area contributed by atoms with Crippen molar-refractivity contribution in [2.24, 2.45) is 16.4 Å². The standard InChI is InChI=1S/C22H27N5S/c1-5-22(3,4)16-6-7-18-17(12-16)19-20(24-13-25-21(19)28-18)27-26-14(2)15-8-10-23-11-9-15/h8-11,13,16H,5-7,12H2,1-4H3,(H,24,25,27)/b26-14+/t16-/m1/s1. The van der Waals surface area contributed by atoms with Gasteiger partial charge >= 0.3 is 0 Å². The van der Waals surface area contributed by atoms with Crippen LogP contribution in [0.3, 0.4) is 0 Å². The lowest BCUT2D eigenvalue weighted by Gasteiger charge is -2.36. The Kier molecular flexibility index (Phi) is 5.15. The number of rotatable bonds is 5. The second kappa shape index (κ2) is 7.59. The number of pyridine rings is 1. The van der Waals surface area contributed by atoms with Gasteiger partial charge in [0.05, 0.1) is 11.1 Å². The molecule has 0 bridgehead atoms. The van der Waals surface area contributed by atoms with Gasteiger partial charge in [0.25, 0.3) is 0 Å². The average Bonchev–Trinajstić information content (AvgIpc) is 3.11. The number of hydrogen-bond acceptors (Lipinski definition) is 6. The normalized spacial score (nSPS) is 17.6. The minimum Gasteiger partial charge on any atom is -0.265 e. The van der Waals surface area contributed by atoms with Gasteiger partial charge in [-0.05, 0) is 55.2 Å². The van der Waals surface area contributed by atoms with E-state index in [9.17, 15) is 0 Å². The maximum absolute atomic E-state index is 4.58. The number of thiophene rings is 1. The van der Waals surface area contributed by atoms with Gasteiger partial charge in [0.1, 0.15) is 11.2 Å². The van der Waals surface area contributed by atoms with Crippen LogP contribution in [0.4, 0.5) is 5.82 Å². The Bertz CT molecular complexity index is 1010. The number of nitrogens with one attached hydrogen (secondary N) is 1. The van der Waals surface area contributed by atoms with Crippen LogP contribution in [0.2, 0.25) is 0 Å². The predicted octanol–water partition coefficient (Wildman–Crippen LogP) is 5.46. The van der Waals surface area contributed by atoms with Crippen molar-refractivity contribution < 1.29 is 0 Å². The van der Waals surface area contributed by atoms with Crippen molar-refractivity contribution in [3.8, 4) is 0 Å². The third kappa shape index (κ3) is 3.53. The summed E-state index contributed by atoms with van der Waals surface area (Å²) in [5, 5.41) is 5.74. The molecule has 3 aromatic heterocycles. The zero-order valence-corrected chi connectivity index (χ0v) is 17.8. The molecule has 3 heterocycles. The SMILES string of the molecule is CCC(C)(C)[C@@H]1CCc2sc3ncnc(N/N=C(\C)c4ccncc4)c3c2C1. The van der Waals surface area contributed by atoms with Crippen molar-refractivity contribution in [2.45, 2.75) is 53.4 Å². The Balaban J connectivity index is 1.68. The topological polar surface area (TPSA) is 63.1 Å². The Morgan fingerprint density at radius 1 is 1.29 bits per heavy atom. The Hall–Kier alpha value is -2.34. The molecule has 0 aromatic carbocycles. The van der Waals surface area contributed by atoms with Crippen molar-refractivity contribution in [1.82, 2.24) is 15.0 Å². The number of anilines is 1. The van der Waals surface area contributed by atoms with Gasteiger partial charge in [0.15, 0.2) is 5.82 Å². The fourth-order valence-corrected chi connectivity index (χ4v) is 5.13. The van der Waals surface area contributed by atoms with Crippen molar-refractivity contribution in [1.29, 1.82) is 0 Å². The molecule has 0 spiro atoms. The zero-order valence-electron chi connectivity index (χ0n) is 17.0. The van der Waals surface area contributed by atoms with Crippen LogP contribution in [-0.4, -0.2) is 20.7 Å². The first-order valence-electron chi connectivity index (χ1n) is 9.95. The lowest BCUT2D eigenvalue weighted by Crippen LogP contribution is -2.28. The summed E-state index contributed by atoms with van der Waals surface area (Å²) in [6.07, 6.45) is 9.90. The summed E-state index contributed by atoms with van der Waals surface area (Å²) in [4.78, 5) is 15.7. The molecule has 0 saturated heterocycles. The fraction of sp³-hybridized carbons (Fsp3) is 0.455. The van der Waals surface area contributed by atoms with Crippen LogP contribution in [-0.2, 0) is 12.8 Å². The molecule has 0 radical (unpaired) electrons. The van der Waals surface area contributed by atoms with Crippen LogP contribution in [0.5, 0.6) is 0 Å². The van der Waals surface area contributed by atoms with Gasteiger partial charge in [-0.25, -0.2) is 9.97 Å². The largest absolute Gasteiger partial charge is 0.265 e. The first-order valence-corrected chi connectivity index (χ1v) is 10.8. The third-order valence-electron chi connectivity index (χ3n) is 6.29. The summed E-state index contributed by atoms with van der Waals surface area (Å²) in [7, 11) is 0. The second-order valence-electron chi connectivity index (χ2n) is 8.23. The molecule has 3 aromatic rings. The van der Waals surface area contributed by atoms with Crippen LogP contribution in [0.15, 0.2) is 36.0 Å². The summed E-state index contributed by atoms with van der Waals surface area (Å²) < 4.78 is 0. The maximum Gasteiger partial charge on any atom is 0.158 e. The molecule has 0 amide bonds. The van der Waals surface area contributed by atoms with Crippen molar-refractivity contribution in [2.75, 3.05) is 5.43 Å². The van der Waals surface area contributed by atoms with Crippen LogP contribution in [0.25, 0.3) is 10.2 Å². The predicted molar refractivity (Wildman–Crippen MR) is 117 cm³/mol. The van der Waals surface area contributed by atoms with Crippen LogP contribution in [0.1, 0.15) is 56.5 Å². The van der Waals surface area contributed by atoms with Crippen LogP contribution < -0.4 is 5.43 Å². The first kappa shape index (κ1) is 19.0. The highest BCUT2D eigenvalue weighted by molar-refractivity contribution is 7.19. The molecule has 0 aliphatic heterocycles. The van der Waals surface area contributed by atoms with E-state index in [-0.39, 0.29) is 0 Å². The van der Waals surface area contributed by atoms with E-state index in [1.807, 2.05) is 30.4 Å². The van der Waals surface area contributed by atoms with Gasteiger partial charge in [-0.2, -0.15) is 5.10 Å². The molecule has 146 valence electrons. The minimum atomic E-state index is 0.352. The number of hydrogen-bond donors (Lipinski definition) is 1. The maximum atomic E-state index is 4.58. The van der Waals surface area contributed by atoms with E-state index in [2.05, 4.69) is 46.3 Å². The van der Waals surface area contributed by atoms with Gasteiger partial charge in [0.2, 0.25) is 0 Å². The molecular formula is C22H27N5S. The van der Waals surface area contributed by atoms with Crippen LogP contribution in [0, 0.1) is 11.3 Å². The van der Waals surface area contributed by atoms with E-state index in [0.717, 1.165) is 40.2 Å². The smallest absolute Gasteiger partial charge is 0.158 e. The summed E-state index contributed by atoms with van der Waals surface area (Å²) in [5.41, 5.74) is 6.95. The number of hydrazone groups is 1. The summed E-state index contributed by atoms with van der Waals surface area (Å²) in [6.45, 7) is 9.09. The molecule has 4 rings (SSSR count). The molecule has 1 aliphatic carbocycles. The number of aryl methyl sites for hydroxylation is 1. The molecule has 0 unspecified atom stereocenters. The lowest BCUT2D eigenvalue weighted by molar-refractivity contribution is 0.184. The van der Waals surface area contributed by atoms with Gasteiger partial charge in [0, 0.05) is 22.8 Å². The highest BCUT2D eigenvalue weighted by atomic mass is 32.1. The monoisotopic (exact) mass is 393 g/mol. The first-order chi connectivity index (χ1) is 13.5. The molecular weight excluding hydrogens is 366 g/mol. The van der Waals surface area contributed by atoms with Crippen molar-refractivity contribution in [3.05, 3.63) is 46.9 Å². The van der Waals surface area contributed by atoms with Gasteiger partial charge < -0.3 is 0 Å². The van der Waals surface area contributed by atoms with Crippen molar-refractivity contribution in [3.63, 3.8) is 0 Å². The van der Waals surface area contributed by atoms with E-state index in [0.29, 0.717) is 11.3 Å². The van der Waals surface area contributed by atoms with E-state index in [1.54, 1.807) is 18.7 Å². The quantitative estimate of drug-likeness (QED) is 0.461. The van der Waals surface area contributed by atoms with Gasteiger partial charge in [-0.15, -0.1) is 11.3 Å². The summed E-state index contributed by atoms with van der Waals surface area (Å²) in [5.74, 6) is 1.50. The van der Waals surface area contributed by atoms with Crippen LogP contribution >= 0.6 is 11.3 Å². The minimum absolute atomic E-state index is 0.352. The highest BCUT2D eigenvalue weighted by Crippen LogP contribution is 2.45. The third-order valence-corrected chi connectivity index (χ3v) is 7.48. The van der Waals surface area contributed by atoms with Gasteiger partial charge in [-0.1, -0.05) is 27.2 Å². The number of aromatic nitrogens is 3. The number of nitrogens with zero attached hydrogens (tertiary/aromatic N) is 4. The zero-order chi connectivity index (χ0) is 19.7. The molecule has 1 N–H and O–H groups in total. The molecule has 0 fully saturated rings. The molecule has 1 atom stereocenters. The van der Waals surface area contributed by atoms with E-state index >= 15 is 0 Å². The van der Waals surface area contributed by atoms with E-state index < -0.39 is 0 Å². The Morgan fingerprint density at radius 2 is 2.07 bits per heavy atom. The van der Waals surface area contributed by atoms with Crippen molar-refractivity contribution >= 4 is 33.1 Å². The number of fused-ring (bicyclic) bond motifs is 3. The summed E-state index contributed by atoms with van der Waals surface area (Å²) >= 11 is 1.82. The molecule has 1 aliphatic rings. The molecule has 28 heavy (non-hydrogen) atoms. The average molecular weight is 394 g/mol. The Morgan fingerprint density at radius 3 is 2.82 bits per heavy atom. The molecule has 6 heteroatoms. The molecule has 0 saturated carbocycles. The van der Waals surface area contributed by atoms with E-state index in [4.69, 9.17) is 0 Å². The summed E-state index contributed by atoms with van der Waals surface area (Å²) in [6, 6.07) is 3.92. The Labute approximate surface area is 170 Å². The fourth-order valence-electron chi connectivity index (χ4n) is 3.94. The molecule has 5 nitrogen and oxygen atoms in total. The highest BCUT2D eigenvalue weighted by Gasteiger charge is 2.33. The van der Waals surface area contributed by atoms with Gasteiger partial charge in [-0.3, -0.25) is 10.4 Å². The van der Waals surface area contributed by atoms with E-state index in [1.165, 1.54) is 23.3 Å². The lowest BCUT2D eigenvalue weighted by atomic mass is 9.69. The second-order valence-corrected chi connectivity index (χ2v) is 9.32.